The molecule has 0 unspecified atom stereocenters. The minimum absolute atomic E-state index is 0.0525. The Balaban J connectivity index is 1.68. The molecule has 2 heterocycles. The molecule has 2 amide bonds. The van der Waals surface area contributed by atoms with E-state index in [0.29, 0.717) is 11.1 Å². The summed E-state index contributed by atoms with van der Waals surface area (Å²) in [5.74, 6) is 0.130. The number of nitrogens with one attached hydrogen (secondary N) is 1. The molecule has 0 saturated carbocycles. The van der Waals surface area contributed by atoms with Crippen molar-refractivity contribution < 1.29 is 9.59 Å². The van der Waals surface area contributed by atoms with E-state index in [-0.39, 0.29) is 11.8 Å². The van der Waals surface area contributed by atoms with Crippen LogP contribution in [0.25, 0.3) is 0 Å². The maximum atomic E-state index is 12.3. The lowest BCUT2D eigenvalue weighted by Gasteiger charge is -2.27. The number of amides is 2. The van der Waals surface area contributed by atoms with Crippen molar-refractivity contribution in [1.29, 1.82) is 0 Å². The highest BCUT2D eigenvalue weighted by Crippen LogP contribution is 2.14. The van der Waals surface area contributed by atoms with Crippen LogP contribution in [0.15, 0.2) is 24.3 Å². The molecule has 1 aromatic rings. The van der Waals surface area contributed by atoms with Crippen LogP contribution in [0.3, 0.4) is 0 Å². The lowest BCUT2D eigenvalue weighted by atomic mass is 10.1. The predicted molar refractivity (Wildman–Crippen MR) is 80.4 cm³/mol. The van der Waals surface area contributed by atoms with Gasteiger partial charge in [-0.3, -0.25) is 9.59 Å². The molecule has 2 aliphatic heterocycles. The van der Waals surface area contributed by atoms with E-state index in [2.05, 4.69) is 5.32 Å². The zero-order valence-corrected chi connectivity index (χ0v) is 12.2. The molecule has 5 heteroatoms. The molecule has 0 bridgehead atoms. The summed E-state index contributed by atoms with van der Waals surface area (Å²) >= 11 is 0. The fourth-order valence-electron chi connectivity index (χ4n) is 2.91. The van der Waals surface area contributed by atoms with Crippen molar-refractivity contribution in [2.75, 3.05) is 39.3 Å². The number of benzene rings is 1. The SMILES string of the molecule is O=C(c1ccc(C(=O)N2CCNCC2)cc1)N1CCCC1. The summed E-state index contributed by atoms with van der Waals surface area (Å²) in [5, 5.41) is 3.23. The Kier molecular flexibility index (Phi) is 4.20. The summed E-state index contributed by atoms with van der Waals surface area (Å²) in [6.07, 6.45) is 2.18. The topological polar surface area (TPSA) is 52.7 Å². The molecule has 0 spiro atoms. The van der Waals surface area contributed by atoms with Gasteiger partial charge in [0.1, 0.15) is 0 Å². The summed E-state index contributed by atoms with van der Waals surface area (Å²) in [7, 11) is 0. The Labute approximate surface area is 124 Å². The lowest BCUT2D eigenvalue weighted by Crippen LogP contribution is -2.46. The number of carbonyl (C=O) groups is 2. The zero-order chi connectivity index (χ0) is 14.7. The monoisotopic (exact) mass is 287 g/mol. The normalized spacial score (nSPS) is 18.9. The van der Waals surface area contributed by atoms with Gasteiger partial charge in [-0.2, -0.15) is 0 Å². The number of piperazine rings is 1. The second-order valence-corrected chi connectivity index (χ2v) is 5.62. The van der Waals surface area contributed by atoms with Crippen LogP contribution in [0, 0.1) is 0 Å². The average Bonchev–Trinajstić information content (AvgIpc) is 3.09. The zero-order valence-electron chi connectivity index (χ0n) is 12.2. The van der Waals surface area contributed by atoms with Crippen molar-refractivity contribution in [3.8, 4) is 0 Å². The van der Waals surface area contributed by atoms with Gasteiger partial charge in [0, 0.05) is 50.4 Å². The smallest absolute Gasteiger partial charge is 0.253 e. The van der Waals surface area contributed by atoms with Gasteiger partial charge >= 0.3 is 0 Å². The molecule has 2 aliphatic rings. The van der Waals surface area contributed by atoms with Crippen LogP contribution < -0.4 is 5.32 Å². The second kappa shape index (κ2) is 6.26. The first-order chi connectivity index (χ1) is 10.3. The van der Waals surface area contributed by atoms with E-state index >= 15 is 0 Å². The highest BCUT2D eigenvalue weighted by atomic mass is 16.2. The highest BCUT2D eigenvalue weighted by Gasteiger charge is 2.21. The number of likely N-dealkylation sites (tertiary alicyclic amines) is 1. The Bertz CT molecular complexity index is 515. The Morgan fingerprint density at radius 3 is 1.67 bits per heavy atom. The van der Waals surface area contributed by atoms with E-state index in [1.54, 1.807) is 24.3 Å². The van der Waals surface area contributed by atoms with Gasteiger partial charge in [0.15, 0.2) is 0 Å². The maximum absolute atomic E-state index is 12.3. The van der Waals surface area contributed by atoms with Crippen LogP contribution in [-0.2, 0) is 0 Å². The van der Waals surface area contributed by atoms with Gasteiger partial charge in [-0.25, -0.2) is 0 Å². The van der Waals surface area contributed by atoms with Gasteiger partial charge in [-0.15, -0.1) is 0 Å². The van der Waals surface area contributed by atoms with Crippen LogP contribution in [0.1, 0.15) is 33.6 Å². The first kappa shape index (κ1) is 14.1. The van der Waals surface area contributed by atoms with E-state index < -0.39 is 0 Å². The molecule has 0 aromatic heterocycles. The Hall–Kier alpha value is -1.88. The molecule has 0 atom stereocenters. The molecule has 1 aromatic carbocycles. The molecule has 2 fully saturated rings. The predicted octanol–water partition coefficient (Wildman–Crippen LogP) is 0.968. The largest absolute Gasteiger partial charge is 0.339 e. The molecule has 1 N–H and O–H groups in total. The summed E-state index contributed by atoms with van der Waals surface area (Å²) in [6, 6.07) is 7.09. The molecule has 0 aliphatic carbocycles. The molecule has 3 rings (SSSR count). The minimum atomic E-state index is 0.0525. The van der Waals surface area contributed by atoms with Crippen molar-refractivity contribution in [3.63, 3.8) is 0 Å². The fraction of sp³-hybridized carbons (Fsp3) is 0.500. The van der Waals surface area contributed by atoms with Crippen molar-refractivity contribution in [3.05, 3.63) is 35.4 Å². The summed E-state index contributed by atoms with van der Waals surface area (Å²) < 4.78 is 0. The van der Waals surface area contributed by atoms with Gasteiger partial charge in [-0.1, -0.05) is 0 Å². The van der Waals surface area contributed by atoms with Crippen LogP contribution in [0.5, 0.6) is 0 Å². The molecule has 2 saturated heterocycles. The van der Waals surface area contributed by atoms with E-state index in [1.807, 2.05) is 9.80 Å². The van der Waals surface area contributed by atoms with Gasteiger partial charge in [0.25, 0.3) is 11.8 Å². The summed E-state index contributed by atoms with van der Waals surface area (Å²) in [4.78, 5) is 28.3. The van der Waals surface area contributed by atoms with E-state index in [4.69, 9.17) is 0 Å². The third-order valence-corrected chi connectivity index (χ3v) is 4.18. The van der Waals surface area contributed by atoms with Crippen LogP contribution in [-0.4, -0.2) is 60.9 Å². The number of nitrogens with zero attached hydrogens (tertiary/aromatic N) is 2. The molecular formula is C16H21N3O2. The number of hydrogen-bond donors (Lipinski definition) is 1. The lowest BCUT2D eigenvalue weighted by molar-refractivity contribution is 0.0733. The number of carbonyl (C=O) groups excluding carboxylic acids is 2. The second-order valence-electron chi connectivity index (χ2n) is 5.62. The van der Waals surface area contributed by atoms with Crippen molar-refractivity contribution in [1.82, 2.24) is 15.1 Å². The molecule has 21 heavy (non-hydrogen) atoms. The molecular weight excluding hydrogens is 266 g/mol. The van der Waals surface area contributed by atoms with Crippen LogP contribution in [0.2, 0.25) is 0 Å². The van der Waals surface area contributed by atoms with Gasteiger partial charge in [-0.05, 0) is 37.1 Å². The first-order valence-corrected chi connectivity index (χ1v) is 7.65. The number of hydrogen-bond acceptors (Lipinski definition) is 3. The Morgan fingerprint density at radius 1 is 0.762 bits per heavy atom. The third kappa shape index (κ3) is 3.08. The number of rotatable bonds is 2. The van der Waals surface area contributed by atoms with Crippen molar-refractivity contribution >= 4 is 11.8 Å². The van der Waals surface area contributed by atoms with Gasteiger partial charge < -0.3 is 15.1 Å². The van der Waals surface area contributed by atoms with Crippen molar-refractivity contribution in [2.45, 2.75) is 12.8 Å². The van der Waals surface area contributed by atoms with Crippen LogP contribution >= 0.6 is 0 Å². The highest BCUT2D eigenvalue weighted by molar-refractivity contribution is 5.98. The van der Waals surface area contributed by atoms with Crippen LogP contribution in [0.4, 0.5) is 0 Å². The molecule has 0 radical (unpaired) electrons. The van der Waals surface area contributed by atoms with E-state index in [9.17, 15) is 9.59 Å². The average molecular weight is 287 g/mol. The minimum Gasteiger partial charge on any atom is -0.339 e. The van der Waals surface area contributed by atoms with E-state index in [1.165, 1.54) is 0 Å². The molecule has 5 nitrogen and oxygen atoms in total. The standard InChI is InChI=1S/C16H21N3O2/c20-15(18-9-1-2-10-18)13-3-5-14(6-4-13)16(21)19-11-7-17-8-12-19/h3-6,17H,1-2,7-12H2. The first-order valence-electron chi connectivity index (χ1n) is 7.65. The Morgan fingerprint density at radius 2 is 1.19 bits per heavy atom. The van der Waals surface area contributed by atoms with E-state index in [0.717, 1.165) is 52.1 Å². The summed E-state index contributed by atoms with van der Waals surface area (Å²) in [6.45, 7) is 4.87. The molecule has 112 valence electrons. The van der Waals surface area contributed by atoms with Gasteiger partial charge in [0.05, 0.1) is 0 Å². The third-order valence-electron chi connectivity index (χ3n) is 4.18. The fourth-order valence-corrected chi connectivity index (χ4v) is 2.91. The van der Waals surface area contributed by atoms with Gasteiger partial charge in [0.2, 0.25) is 0 Å². The summed E-state index contributed by atoms with van der Waals surface area (Å²) in [5.41, 5.74) is 1.34. The quantitative estimate of drug-likeness (QED) is 0.882. The van der Waals surface area contributed by atoms with Crippen molar-refractivity contribution in [2.24, 2.45) is 0 Å². The maximum Gasteiger partial charge on any atom is 0.253 e.